The third kappa shape index (κ3) is 4.38. The van der Waals surface area contributed by atoms with Crippen LogP contribution in [0.25, 0.3) is 0 Å². The lowest BCUT2D eigenvalue weighted by molar-refractivity contribution is -0.134. The van der Waals surface area contributed by atoms with Crippen molar-refractivity contribution in [1.82, 2.24) is 19.7 Å². The molecule has 6 heteroatoms. The number of nitrogens with zero attached hydrogens (tertiary/aromatic N) is 3. The lowest BCUT2D eigenvalue weighted by Crippen LogP contribution is -2.52. The van der Waals surface area contributed by atoms with Crippen LogP contribution in [-0.4, -0.2) is 51.5 Å². The molecule has 1 aromatic heterocycles. The maximum atomic E-state index is 13.2. The molecule has 28 heavy (non-hydrogen) atoms. The van der Waals surface area contributed by atoms with E-state index in [2.05, 4.69) is 34.3 Å². The van der Waals surface area contributed by atoms with Crippen molar-refractivity contribution in [3.05, 3.63) is 59.9 Å². The molecule has 1 aliphatic rings. The van der Waals surface area contributed by atoms with Crippen molar-refractivity contribution >= 4 is 11.9 Å². The summed E-state index contributed by atoms with van der Waals surface area (Å²) in [5.41, 5.74) is 1.84. The summed E-state index contributed by atoms with van der Waals surface area (Å²) in [6.45, 7) is 9.64. The van der Waals surface area contributed by atoms with Crippen molar-refractivity contribution in [2.75, 3.05) is 19.6 Å². The van der Waals surface area contributed by atoms with E-state index in [4.69, 9.17) is 0 Å². The molecule has 150 valence electrons. The highest BCUT2D eigenvalue weighted by Crippen LogP contribution is 2.32. The molecule has 2 aromatic rings. The maximum Gasteiger partial charge on any atom is 0.318 e. The number of hydrogen-bond acceptors (Lipinski definition) is 2. The molecule has 1 N–H and O–H groups in total. The van der Waals surface area contributed by atoms with Crippen LogP contribution in [0.4, 0.5) is 4.79 Å². The fourth-order valence-corrected chi connectivity index (χ4v) is 3.62. The summed E-state index contributed by atoms with van der Waals surface area (Å²) in [7, 11) is 0. The van der Waals surface area contributed by atoms with Gasteiger partial charge in [-0.05, 0) is 45.4 Å². The Balaban J connectivity index is 1.82. The first kappa shape index (κ1) is 20.0. The van der Waals surface area contributed by atoms with Crippen molar-refractivity contribution in [3.8, 4) is 0 Å². The maximum absolute atomic E-state index is 13.2. The predicted octanol–water partition coefficient (Wildman–Crippen LogP) is 3.25. The Morgan fingerprint density at radius 3 is 2.46 bits per heavy atom. The molecule has 0 aliphatic carbocycles. The van der Waals surface area contributed by atoms with Gasteiger partial charge in [0.15, 0.2) is 0 Å². The zero-order valence-corrected chi connectivity index (χ0v) is 17.2. The Hall–Kier alpha value is -2.76. The number of aromatic nitrogens is 1. The second-order valence-electron chi connectivity index (χ2n) is 8.22. The van der Waals surface area contributed by atoms with Crippen LogP contribution in [0.15, 0.2) is 48.7 Å². The molecule has 0 radical (unpaired) electrons. The molecule has 1 unspecified atom stereocenters. The number of amides is 3. The topological polar surface area (TPSA) is 57.6 Å². The van der Waals surface area contributed by atoms with Gasteiger partial charge < -0.3 is 19.7 Å². The minimum atomic E-state index is -0.341. The highest BCUT2D eigenvalue weighted by atomic mass is 16.2. The predicted molar refractivity (Wildman–Crippen MR) is 110 cm³/mol. The summed E-state index contributed by atoms with van der Waals surface area (Å²) in [5.74, 6) is -0.0350. The molecule has 0 spiro atoms. The van der Waals surface area contributed by atoms with E-state index < -0.39 is 0 Å². The number of hydrogen-bond donors (Lipinski definition) is 1. The van der Waals surface area contributed by atoms with Crippen LogP contribution in [0.2, 0.25) is 0 Å². The summed E-state index contributed by atoms with van der Waals surface area (Å²) >= 11 is 0. The number of carbonyl (C=O) groups is 2. The van der Waals surface area contributed by atoms with Gasteiger partial charge in [0, 0.05) is 37.1 Å². The standard InChI is InChI=1S/C22H30N4O2/c1-5-24(21(28)23-22(2,3)4)16-19(27)26-15-14-25-13-9-12-18(25)20(26)17-10-7-6-8-11-17/h6-13,20H,5,14-16H2,1-4H3,(H,23,28). The Labute approximate surface area is 167 Å². The first-order valence-electron chi connectivity index (χ1n) is 9.86. The summed E-state index contributed by atoms with van der Waals surface area (Å²) in [5, 5.41) is 2.94. The van der Waals surface area contributed by atoms with Crippen LogP contribution in [0, 0.1) is 0 Å². The second-order valence-corrected chi connectivity index (χ2v) is 8.22. The van der Waals surface area contributed by atoms with Crippen molar-refractivity contribution in [1.29, 1.82) is 0 Å². The highest BCUT2D eigenvalue weighted by Gasteiger charge is 2.33. The molecule has 0 saturated heterocycles. The molecular weight excluding hydrogens is 352 g/mol. The zero-order chi connectivity index (χ0) is 20.3. The lowest BCUT2D eigenvalue weighted by atomic mass is 10.00. The number of urea groups is 1. The van der Waals surface area contributed by atoms with E-state index in [0.29, 0.717) is 13.1 Å². The Morgan fingerprint density at radius 2 is 1.82 bits per heavy atom. The minimum absolute atomic E-state index is 0.0350. The first-order valence-corrected chi connectivity index (χ1v) is 9.86. The van der Waals surface area contributed by atoms with E-state index in [0.717, 1.165) is 17.8 Å². The minimum Gasteiger partial charge on any atom is -0.348 e. The Bertz CT molecular complexity index is 823. The number of carbonyl (C=O) groups excluding carboxylic acids is 2. The average Bonchev–Trinajstić information content (AvgIpc) is 3.13. The second kappa shape index (κ2) is 8.09. The fourth-order valence-electron chi connectivity index (χ4n) is 3.62. The Morgan fingerprint density at radius 1 is 1.11 bits per heavy atom. The molecule has 0 saturated carbocycles. The molecule has 0 bridgehead atoms. The number of likely N-dealkylation sites (N-methyl/N-ethyl adjacent to an activating group) is 1. The average molecular weight is 383 g/mol. The summed E-state index contributed by atoms with van der Waals surface area (Å²) < 4.78 is 2.20. The van der Waals surface area contributed by atoms with E-state index in [1.54, 1.807) is 4.90 Å². The third-order valence-electron chi connectivity index (χ3n) is 4.95. The zero-order valence-electron chi connectivity index (χ0n) is 17.2. The van der Waals surface area contributed by atoms with Gasteiger partial charge in [0.1, 0.15) is 6.54 Å². The number of fused-ring (bicyclic) bond motifs is 1. The van der Waals surface area contributed by atoms with Crippen molar-refractivity contribution in [2.24, 2.45) is 0 Å². The van der Waals surface area contributed by atoms with Gasteiger partial charge in [-0.25, -0.2) is 4.79 Å². The summed E-state index contributed by atoms with van der Waals surface area (Å²) in [4.78, 5) is 29.3. The van der Waals surface area contributed by atoms with Crippen LogP contribution in [0.3, 0.4) is 0 Å². The van der Waals surface area contributed by atoms with Crippen LogP contribution in [-0.2, 0) is 11.3 Å². The van der Waals surface area contributed by atoms with Gasteiger partial charge in [-0.3, -0.25) is 4.79 Å². The van der Waals surface area contributed by atoms with Crippen LogP contribution in [0.1, 0.15) is 45.0 Å². The summed E-state index contributed by atoms with van der Waals surface area (Å²) in [6.07, 6.45) is 2.06. The first-order chi connectivity index (χ1) is 13.3. The number of nitrogens with one attached hydrogen (secondary N) is 1. The van der Waals surface area contributed by atoms with Crippen LogP contribution < -0.4 is 5.32 Å². The largest absolute Gasteiger partial charge is 0.348 e. The molecule has 2 heterocycles. The summed E-state index contributed by atoms with van der Waals surface area (Å²) in [6, 6.07) is 13.8. The monoisotopic (exact) mass is 382 g/mol. The number of benzene rings is 1. The van der Waals surface area contributed by atoms with E-state index in [1.807, 2.05) is 56.9 Å². The van der Waals surface area contributed by atoms with Gasteiger partial charge in [-0.2, -0.15) is 0 Å². The van der Waals surface area contributed by atoms with Gasteiger partial charge in [-0.1, -0.05) is 30.3 Å². The molecule has 1 aromatic carbocycles. The van der Waals surface area contributed by atoms with E-state index >= 15 is 0 Å². The fraction of sp³-hybridized carbons (Fsp3) is 0.455. The van der Waals surface area contributed by atoms with Crippen molar-refractivity contribution in [3.63, 3.8) is 0 Å². The molecule has 1 aliphatic heterocycles. The quantitative estimate of drug-likeness (QED) is 0.882. The van der Waals surface area contributed by atoms with E-state index in [1.165, 1.54) is 0 Å². The van der Waals surface area contributed by atoms with Gasteiger partial charge >= 0.3 is 6.03 Å². The van der Waals surface area contributed by atoms with Gasteiger partial charge in [0.2, 0.25) is 5.91 Å². The molecular formula is C22H30N4O2. The Kier molecular flexibility index (Phi) is 5.77. The molecule has 1 atom stereocenters. The van der Waals surface area contributed by atoms with Crippen molar-refractivity contribution in [2.45, 2.75) is 45.8 Å². The normalized spacial score (nSPS) is 16.4. The molecule has 3 rings (SSSR count). The van der Waals surface area contributed by atoms with E-state index in [9.17, 15) is 9.59 Å². The van der Waals surface area contributed by atoms with Gasteiger partial charge in [0.25, 0.3) is 0 Å². The highest BCUT2D eigenvalue weighted by molar-refractivity contribution is 5.85. The smallest absolute Gasteiger partial charge is 0.318 e. The SMILES string of the molecule is CCN(CC(=O)N1CCn2cccc2C1c1ccccc1)C(=O)NC(C)(C)C. The van der Waals surface area contributed by atoms with Crippen LogP contribution >= 0.6 is 0 Å². The van der Waals surface area contributed by atoms with Crippen LogP contribution in [0.5, 0.6) is 0 Å². The number of rotatable bonds is 4. The third-order valence-corrected chi connectivity index (χ3v) is 4.95. The van der Waals surface area contributed by atoms with Gasteiger partial charge in [0.05, 0.1) is 6.04 Å². The van der Waals surface area contributed by atoms with Crippen molar-refractivity contribution < 1.29 is 9.59 Å². The molecule has 6 nitrogen and oxygen atoms in total. The lowest BCUT2D eigenvalue weighted by Gasteiger charge is -2.38. The molecule has 3 amide bonds. The van der Waals surface area contributed by atoms with Gasteiger partial charge in [-0.15, -0.1) is 0 Å². The van der Waals surface area contributed by atoms with E-state index in [-0.39, 0.29) is 30.1 Å². The molecule has 0 fully saturated rings.